The number of halogens is 2. The zero-order chi connectivity index (χ0) is 27.8. The highest BCUT2D eigenvalue weighted by molar-refractivity contribution is 7.92. The Morgan fingerprint density at radius 2 is 1.68 bits per heavy atom. The highest BCUT2D eigenvalue weighted by atomic mass is 35.5. The lowest BCUT2D eigenvalue weighted by Gasteiger charge is -2.31. The van der Waals surface area contributed by atoms with E-state index in [1.807, 2.05) is 45.9 Å². The molecule has 2 aromatic rings. The van der Waals surface area contributed by atoms with Gasteiger partial charge in [-0.1, -0.05) is 49.2 Å². The second kappa shape index (κ2) is 14.0. The molecular formula is C27H37Cl2N3O4S. The molecule has 0 unspecified atom stereocenters. The van der Waals surface area contributed by atoms with Crippen LogP contribution in [0.25, 0.3) is 0 Å². The summed E-state index contributed by atoms with van der Waals surface area (Å²) in [6.45, 7) is 8.43. The van der Waals surface area contributed by atoms with Crippen molar-refractivity contribution in [1.29, 1.82) is 0 Å². The van der Waals surface area contributed by atoms with Gasteiger partial charge in [-0.05, 0) is 74.1 Å². The molecule has 1 N–H and O–H groups in total. The molecule has 0 saturated heterocycles. The molecule has 0 saturated carbocycles. The number of nitrogens with zero attached hydrogens (tertiary/aromatic N) is 2. The molecule has 0 aromatic heterocycles. The van der Waals surface area contributed by atoms with E-state index in [1.54, 1.807) is 18.2 Å². The zero-order valence-corrected chi connectivity index (χ0v) is 24.5. The van der Waals surface area contributed by atoms with E-state index in [0.29, 0.717) is 34.3 Å². The predicted molar refractivity (Wildman–Crippen MR) is 152 cm³/mol. The molecule has 0 spiro atoms. The molecule has 2 aromatic carbocycles. The Balaban J connectivity index is 2.26. The van der Waals surface area contributed by atoms with Crippen LogP contribution in [0.4, 0.5) is 5.69 Å². The van der Waals surface area contributed by atoms with Gasteiger partial charge >= 0.3 is 0 Å². The quantitative estimate of drug-likeness (QED) is 0.345. The maximum Gasteiger partial charge on any atom is 0.242 e. The van der Waals surface area contributed by atoms with Crippen molar-refractivity contribution < 1.29 is 18.0 Å². The van der Waals surface area contributed by atoms with E-state index in [0.717, 1.165) is 23.8 Å². The van der Waals surface area contributed by atoms with Gasteiger partial charge in [-0.15, -0.1) is 0 Å². The lowest BCUT2D eigenvalue weighted by atomic mass is 10.1. The molecule has 0 fully saturated rings. The van der Waals surface area contributed by atoms with Crippen LogP contribution in [0.1, 0.15) is 56.2 Å². The first-order valence-electron chi connectivity index (χ1n) is 12.4. The molecule has 2 amide bonds. The average molecular weight is 571 g/mol. The molecule has 0 aliphatic carbocycles. The Hall–Kier alpha value is -2.29. The van der Waals surface area contributed by atoms with E-state index < -0.39 is 16.1 Å². The third kappa shape index (κ3) is 9.20. The van der Waals surface area contributed by atoms with E-state index in [1.165, 1.54) is 9.21 Å². The third-order valence-electron chi connectivity index (χ3n) is 5.94. The van der Waals surface area contributed by atoms with Gasteiger partial charge in [0, 0.05) is 36.1 Å². The third-order valence-corrected chi connectivity index (χ3v) is 7.72. The predicted octanol–water partition coefficient (Wildman–Crippen LogP) is 5.49. The smallest absolute Gasteiger partial charge is 0.242 e. The monoisotopic (exact) mass is 569 g/mol. The minimum Gasteiger partial charge on any atom is -0.354 e. The Morgan fingerprint density at radius 3 is 2.22 bits per heavy atom. The van der Waals surface area contributed by atoms with E-state index in [2.05, 4.69) is 5.32 Å². The number of carbonyl (C=O) groups is 2. The minimum absolute atomic E-state index is 0.0690. The van der Waals surface area contributed by atoms with Crippen molar-refractivity contribution in [2.75, 3.05) is 23.7 Å². The standard InChI is InChI=1S/C27H37Cl2N3O4S/c1-6-12-30-27(34)25(7-2)31(18-21-10-11-22(28)17-24(21)29)26(33)9-8-13-32(37(5,35)36)23-15-19(3)14-20(4)16-23/h10-11,14-17,25H,6-9,12-13,18H2,1-5H3,(H,30,34)/t25-/m1/s1. The van der Waals surface area contributed by atoms with Gasteiger partial charge in [0.1, 0.15) is 6.04 Å². The number of anilines is 1. The lowest BCUT2D eigenvalue weighted by molar-refractivity contribution is -0.141. The molecule has 0 aliphatic rings. The zero-order valence-electron chi connectivity index (χ0n) is 22.2. The van der Waals surface area contributed by atoms with Crippen LogP contribution in [-0.2, 0) is 26.2 Å². The molecule has 7 nitrogen and oxygen atoms in total. The molecule has 0 heterocycles. The fourth-order valence-corrected chi connectivity index (χ4v) is 5.63. The Labute approximate surface area is 231 Å². The van der Waals surface area contributed by atoms with Gasteiger partial charge < -0.3 is 10.2 Å². The molecule has 0 aliphatic heterocycles. The summed E-state index contributed by atoms with van der Waals surface area (Å²) >= 11 is 12.4. The number of rotatable bonds is 13. The molecule has 2 rings (SSSR count). The summed E-state index contributed by atoms with van der Waals surface area (Å²) in [5, 5.41) is 3.77. The van der Waals surface area contributed by atoms with Crippen molar-refractivity contribution in [3.05, 3.63) is 63.1 Å². The Kier molecular flexibility index (Phi) is 11.7. The number of sulfonamides is 1. The average Bonchev–Trinajstić information content (AvgIpc) is 2.80. The van der Waals surface area contributed by atoms with E-state index in [9.17, 15) is 18.0 Å². The van der Waals surface area contributed by atoms with Crippen molar-refractivity contribution in [2.24, 2.45) is 0 Å². The van der Waals surface area contributed by atoms with Crippen LogP contribution in [0, 0.1) is 13.8 Å². The van der Waals surface area contributed by atoms with Gasteiger partial charge in [0.05, 0.1) is 11.9 Å². The Bertz CT molecular complexity index is 1180. The van der Waals surface area contributed by atoms with Gasteiger partial charge in [0.15, 0.2) is 0 Å². The Morgan fingerprint density at radius 1 is 1.03 bits per heavy atom. The van der Waals surface area contributed by atoms with Gasteiger partial charge in [-0.3, -0.25) is 13.9 Å². The van der Waals surface area contributed by atoms with Gasteiger partial charge in [0.2, 0.25) is 21.8 Å². The molecular weight excluding hydrogens is 533 g/mol. The molecule has 0 radical (unpaired) electrons. The first-order chi connectivity index (χ1) is 17.4. The number of benzene rings is 2. The number of carbonyl (C=O) groups excluding carboxylic acids is 2. The van der Waals surface area contributed by atoms with Crippen LogP contribution in [0.3, 0.4) is 0 Å². The van der Waals surface area contributed by atoms with Gasteiger partial charge in [0.25, 0.3) is 0 Å². The number of amides is 2. The van der Waals surface area contributed by atoms with Crippen LogP contribution in [-0.4, -0.2) is 50.5 Å². The number of hydrogen-bond acceptors (Lipinski definition) is 4. The van der Waals surface area contributed by atoms with E-state index in [-0.39, 0.29) is 37.7 Å². The summed E-state index contributed by atoms with van der Waals surface area (Å²) in [5.74, 6) is -0.478. The normalized spacial score (nSPS) is 12.2. The second-order valence-corrected chi connectivity index (χ2v) is 12.0. The lowest BCUT2D eigenvalue weighted by Crippen LogP contribution is -2.49. The van der Waals surface area contributed by atoms with Crippen molar-refractivity contribution in [2.45, 2.75) is 66.0 Å². The molecule has 204 valence electrons. The SMILES string of the molecule is CCCNC(=O)[C@@H](CC)N(Cc1ccc(Cl)cc1Cl)C(=O)CCCN(c1cc(C)cc(C)c1)S(C)(=O)=O. The fourth-order valence-electron chi connectivity index (χ4n) is 4.22. The first-order valence-corrected chi connectivity index (χ1v) is 15.0. The second-order valence-electron chi connectivity index (χ2n) is 9.26. The maximum absolute atomic E-state index is 13.5. The van der Waals surface area contributed by atoms with Crippen molar-refractivity contribution in [3.63, 3.8) is 0 Å². The fraction of sp³-hybridized carbons (Fsp3) is 0.481. The van der Waals surface area contributed by atoms with Crippen molar-refractivity contribution in [3.8, 4) is 0 Å². The maximum atomic E-state index is 13.5. The van der Waals surface area contributed by atoms with Crippen molar-refractivity contribution >= 4 is 50.7 Å². The van der Waals surface area contributed by atoms with Gasteiger partial charge in [-0.2, -0.15) is 0 Å². The van der Waals surface area contributed by atoms with Crippen LogP contribution in [0.2, 0.25) is 10.0 Å². The van der Waals surface area contributed by atoms with Gasteiger partial charge in [-0.25, -0.2) is 8.42 Å². The van der Waals surface area contributed by atoms with Crippen molar-refractivity contribution in [1.82, 2.24) is 10.2 Å². The van der Waals surface area contributed by atoms with Crippen LogP contribution in [0.5, 0.6) is 0 Å². The van der Waals surface area contributed by atoms with Crippen LogP contribution >= 0.6 is 23.2 Å². The topological polar surface area (TPSA) is 86.8 Å². The highest BCUT2D eigenvalue weighted by Gasteiger charge is 2.29. The summed E-state index contributed by atoms with van der Waals surface area (Å²) in [6, 6.07) is 9.96. The number of hydrogen-bond donors (Lipinski definition) is 1. The van der Waals surface area contributed by atoms with Crippen LogP contribution < -0.4 is 9.62 Å². The largest absolute Gasteiger partial charge is 0.354 e. The number of nitrogens with one attached hydrogen (secondary N) is 1. The molecule has 0 bridgehead atoms. The first kappa shape index (κ1) is 30.9. The molecule has 1 atom stereocenters. The molecule has 10 heteroatoms. The summed E-state index contributed by atoms with van der Waals surface area (Å²) in [5.41, 5.74) is 3.15. The van der Waals surface area contributed by atoms with Crippen LogP contribution in [0.15, 0.2) is 36.4 Å². The summed E-state index contributed by atoms with van der Waals surface area (Å²) in [4.78, 5) is 27.9. The minimum atomic E-state index is -3.56. The highest BCUT2D eigenvalue weighted by Crippen LogP contribution is 2.25. The van der Waals surface area contributed by atoms with E-state index in [4.69, 9.17) is 23.2 Å². The number of aryl methyl sites for hydroxylation is 2. The summed E-state index contributed by atoms with van der Waals surface area (Å²) < 4.78 is 26.5. The van der Waals surface area contributed by atoms with E-state index >= 15 is 0 Å². The summed E-state index contributed by atoms with van der Waals surface area (Å²) in [7, 11) is -3.56. The summed E-state index contributed by atoms with van der Waals surface area (Å²) in [6.07, 6.45) is 2.71. The molecule has 37 heavy (non-hydrogen) atoms.